The van der Waals surface area contributed by atoms with Gasteiger partial charge in [-0.15, -0.1) is 12.4 Å². The van der Waals surface area contributed by atoms with E-state index in [0.717, 1.165) is 6.42 Å². The molecule has 0 saturated carbocycles. The van der Waals surface area contributed by atoms with Crippen LogP contribution in [0.15, 0.2) is 12.1 Å². The zero-order chi connectivity index (χ0) is 11.4. The Hall–Kier alpha value is -1.13. The van der Waals surface area contributed by atoms with Gasteiger partial charge in [-0.25, -0.2) is 0 Å². The minimum absolute atomic E-state index is 0. The van der Waals surface area contributed by atoms with E-state index >= 15 is 0 Å². The predicted molar refractivity (Wildman–Crippen MR) is 65.5 cm³/mol. The van der Waals surface area contributed by atoms with Crippen molar-refractivity contribution in [3.8, 4) is 17.2 Å². The second kappa shape index (κ2) is 6.45. The average molecular weight is 248 g/mol. The van der Waals surface area contributed by atoms with E-state index < -0.39 is 0 Å². The van der Waals surface area contributed by atoms with Crippen molar-refractivity contribution in [1.29, 1.82) is 0 Å². The molecule has 0 aliphatic carbocycles. The number of benzene rings is 1. The lowest BCUT2D eigenvalue weighted by molar-refractivity contribution is 0.348. The van der Waals surface area contributed by atoms with Crippen molar-refractivity contribution >= 4 is 12.4 Å². The molecule has 0 heterocycles. The molecule has 1 aromatic carbocycles. The van der Waals surface area contributed by atoms with Crippen LogP contribution in [0.2, 0.25) is 0 Å². The number of rotatable bonds is 4. The average Bonchev–Trinajstić information content (AvgIpc) is 2.25. The van der Waals surface area contributed by atoms with Crippen LogP contribution >= 0.6 is 12.4 Å². The van der Waals surface area contributed by atoms with E-state index in [9.17, 15) is 10.2 Å². The zero-order valence-electron chi connectivity index (χ0n) is 9.43. The third-order valence-electron chi connectivity index (χ3n) is 2.42. The van der Waals surface area contributed by atoms with E-state index in [1.165, 1.54) is 7.11 Å². The molecule has 0 saturated heterocycles. The first-order valence-electron chi connectivity index (χ1n) is 4.93. The molecule has 0 fully saturated rings. The van der Waals surface area contributed by atoms with E-state index in [0.29, 0.717) is 12.0 Å². The van der Waals surface area contributed by atoms with Gasteiger partial charge in [0.2, 0.25) is 5.75 Å². The van der Waals surface area contributed by atoms with Crippen LogP contribution in [0, 0.1) is 0 Å². The Balaban J connectivity index is 0.00000225. The van der Waals surface area contributed by atoms with Crippen molar-refractivity contribution in [2.75, 3.05) is 7.11 Å². The molecule has 5 heteroatoms. The molecule has 0 amide bonds. The van der Waals surface area contributed by atoms with Crippen LogP contribution in [0.25, 0.3) is 0 Å². The highest BCUT2D eigenvalue weighted by molar-refractivity contribution is 5.85. The van der Waals surface area contributed by atoms with Crippen molar-refractivity contribution in [2.24, 2.45) is 5.73 Å². The third kappa shape index (κ3) is 3.18. The lowest BCUT2D eigenvalue weighted by atomic mass is 10.0. The standard InChI is InChI=1S/C11H17NO3.ClH/c1-3-8(12)6-7-4-5-9(15-2)11(14)10(7)13;/h4-5,8,13-14H,3,6,12H2,1-2H3;1H. The molecule has 4 nitrogen and oxygen atoms in total. The molecule has 92 valence electrons. The van der Waals surface area contributed by atoms with Crippen molar-refractivity contribution in [3.05, 3.63) is 17.7 Å². The largest absolute Gasteiger partial charge is 0.504 e. The topological polar surface area (TPSA) is 75.7 Å². The first-order chi connectivity index (χ1) is 7.10. The molecule has 1 unspecified atom stereocenters. The maximum Gasteiger partial charge on any atom is 0.200 e. The second-order valence-electron chi connectivity index (χ2n) is 3.50. The number of methoxy groups -OCH3 is 1. The van der Waals surface area contributed by atoms with Crippen LogP contribution in [-0.4, -0.2) is 23.4 Å². The summed E-state index contributed by atoms with van der Waals surface area (Å²) in [5, 5.41) is 19.2. The molecule has 0 aromatic heterocycles. The number of hydrogen-bond donors (Lipinski definition) is 3. The lowest BCUT2D eigenvalue weighted by Gasteiger charge is -2.12. The first-order valence-corrected chi connectivity index (χ1v) is 4.93. The van der Waals surface area contributed by atoms with Crippen LogP contribution < -0.4 is 10.5 Å². The number of aromatic hydroxyl groups is 2. The Kier molecular flexibility index (Phi) is 6.00. The van der Waals surface area contributed by atoms with Gasteiger partial charge in [0.25, 0.3) is 0 Å². The fourth-order valence-electron chi connectivity index (χ4n) is 1.36. The van der Waals surface area contributed by atoms with Crippen LogP contribution in [0.4, 0.5) is 0 Å². The van der Waals surface area contributed by atoms with E-state index in [1.54, 1.807) is 12.1 Å². The Bertz CT molecular complexity index is 344. The molecule has 0 spiro atoms. The van der Waals surface area contributed by atoms with Gasteiger partial charge < -0.3 is 20.7 Å². The summed E-state index contributed by atoms with van der Waals surface area (Å²) in [6.07, 6.45) is 1.37. The quantitative estimate of drug-likeness (QED) is 0.710. The Morgan fingerprint density at radius 2 is 1.94 bits per heavy atom. The maximum absolute atomic E-state index is 9.67. The molecule has 0 bridgehead atoms. The van der Waals surface area contributed by atoms with Crippen LogP contribution in [0.3, 0.4) is 0 Å². The summed E-state index contributed by atoms with van der Waals surface area (Å²) in [5.41, 5.74) is 6.41. The van der Waals surface area contributed by atoms with Gasteiger partial charge in [0.05, 0.1) is 7.11 Å². The van der Waals surface area contributed by atoms with E-state index in [1.807, 2.05) is 6.92 Å². The molecule has 1 rings (SSSR count). The second-order valence-corrected chi connectivity index (χ2v) is 3.50. The molecule has 1 atom stereocenters. The molecule has 0 aliphatic rings. The first kappa shape index (κ1) is 14.9. The number of ether oxygens (including phenoxy) is 1. The number of hydrogen-bond acceptors (Lipinski definition) is 4. The van der Waals surface area contributed by atoms with E-state index in [-0.39, 0.29) is 35.7 Å². The molecular formula is C11H18ClNO3. The molecule has 4 N–H and O–H groups in total. The van der Waals surface area contributed by atoms with Gasteiger partial charge in [-0.2, -0.15) is 0 Å². The van der Waals surface area contributed by atoms with E-state index in [4.69, 9.17) is 10.5 Å². The highest BCUT2D eigenvalue weighted by Gasteiger charge is 2.13. The third-order valence-corrected chi connectivity index (χ3v) is 2.42. The molecule has 0 aliphatic heterocycles. The van der Waals surface area contributed by atoms with Crippen molar-refractivity contribution in [1.82, 2.24) is 0 Å². The van der Waals surface area contributed by atoms with Crippen molar-refractivity contribution < 1.29 is 14.9 Å². The van der Waals surface area contributed by atoms with Crippen LogP contribution in [-0.2, 0) is 6.42 Å². The number of nitrogens with two attached hydrogens (primary N) is 1. The zero-order valence-corrected chi connectivity index (χ0v) is 10.3. The summed E-state index contributed by atoms with van der Waals surface area (Å²) < 4.78 is 4.87. The number of phenols is 2. The summed E-state index contributed by atoms with van der Waals surface area (Å²) >= 11 is 0. The Morgan fingerprint density at radius 1 is 1.31 bits per heavy atom. The predicted octanol–water partition coefficient (Wildman–Crippen LogP) is 1.81. The summed E-state index contributed by atoms with van der Waals surface area (Å²) in [6, 6.07) is 3.32. The monoisotopic (exact) mass is 247 g/mol. The van der Waals surface area contributed by atoms with Gasteiger partial charge in [0.15, 0.2) is 11.5 Å². The number of halogens is 1. The number of phenolic OH excluding ortho intramolecular Hbond substituents is 2. The van der Waals surface area contributed by atoms with E-state index in [2.05, 4.69) is 0 Å². The molecule has 16 heavy (non-hydrogen) atoms. The molecular weight excluding hydrogens is 230 g/mol. The SMILES string of the molecule is CCC(N)Cc1ccc(OC)c(O)c1O.Cl. The van der Waals surface area contributed by atoms with Gasteiger partial charge >= 0.3 is 0 Å². The summed E-state index contributed by atoms with van der Waals surface area (Å²) in [6.45, 7) is 1.98. The van der Waals surface area contributed by atoms with Gasteiger partial charge in [0.1, 0.15) is 0 Å². The van der Waals surface area contributed by atoms with Gasteiger partial charge in [-0.1, -0.05) is 13.0 Å². The fourth-order valence-corrected chi connectivity index (χ4v) is 1.36. The highest BCUT2D eigenvalue weighted by atomic mass is 35.5. The summed E-state index contributed by atoms with van der Waals surface area (Å²) in [5.74, 6) is -0.0992. The highest BCUT2D eigenvalue weighted by Crippen LogP contribution is 2.38. The van der Waals surface area contributed by atoms with Crippen molar-refractivity contribution in [3.63, 3.8) is 0 Å². The fraction of sp³-hybridized carbons (Fsp3) is 0.455. The van der Waals surface area contributed by atoms with Gasteiger partial charge in [0, 0.05) is 6.04 Å². The minimum Gasteiger partial charge on any atom is -0.504 e. The summed E-state index contributed by atoms with van der Waals surface area (Å²) in [4.78, 5) is 0. The normalized spacial score (nSPS) is 11.7. The molecule has 0 radical (unpaired) electrons. The van der Waals surface area contributed by atoms with Gasteiger partial charge in [-0.3, -0.25) is 0 Å². The van der Waals surface area contributed by atoms with Crippen molar-refractivity contribution in [2.45, 2.75) is 25.8 Å². The minimum atomic E-state index is -0.224. The van der Waals surface area contributed by atoms with Gasteiger partial charge in [-0.05, 0) is 24.5 Å². The lowest BCUT2D eigenvalue weighted by Crippen LogP contribution is -2.21. The summed E-state index contributed by atoms with van der Waals surface area (Å²) in [7, 11) is 1.44. The van der Waals surface area contributed by atoms with Crippen LogP contribution in [0.5, 0.6) is 17.2 Å². The Morgan fingerprint density at radius 3 is 2.44 bits per heavy atom. The maximum atomic E-state index is 9.67. The molecule has 1 aromatic rings. The smallest absolute Gasteiger partial charge is 0.200 e. The Labute approximate surface area is 101 Å². The van der Waals surface area contributed by atoms with Crippen LogP contribution in [0.1, 0.15) is 18.9 Å².